The lowest BCUT2D eigenvalue weighted by Gasteiger charge is -2.09. The highest BCUT2D eigenvalue weighted by Crippen LogP contribution is 2.30. The van der Waals surface area contributed by atoms with Crippen molar-refractivity contribution in [2.24, 2.45) is 0 Å². The Labute approximate surface area is 119 Å². The number of aromatic nitrogens is 1. The molecule has 92 valence electrons. The van der Waals surface area contributed by atoms with Crippen LogP contribution in [0.25, 0.3) is 0 Å². The number of pyridine rings is 1. The number of carbonyl (C=O) groups is 1. The molecule has 0 spiro atoms. The molecule has 1 aromatic heterocycles. The van der Waals surface area contributed by atoms with Gasteiger partial charge in [-0.05, 0) is 24.3 Å². The summed E-state index contributed by atoms with van der Waals surface area (Å²) in [5.74, 6) is -0.414. The first-order chi connectivity index (χ1) is 8.59. The van der Waals surface area contributed by atoms with Gasteiger partial charge in [0, 0.05) is 6.20 Å². The number of nitrogens with one attached hydrogen (secondary N) is 1. The van der Waals surface area contributed by atoms with E-state index in [1.165, 1.54) is 6.20 Å². The smallest absolute Gasteiger partial charge is 0.258 e. The Hall–Kier alpha value is -1.29. The van der Waals surface area contributed by atoms with E-state index in [-0.39, 0.29) is 10.7 Å². The molecular formula is C12H7Cl3N2O. The van der Waals surface area contributed by atoms with E-state index < -0.39 is 5.91 Å². The summed E-state index contributed by atoms with van der Waals surface area (Å²) in [6.45, 7) is 0. The summed E-state index contributed by atoms with van der Waals surface area (Å²) in [5.41, 5.74) is 0.612. The van der Waals surface area contributed by atoms with E-state index in [4.69, 9.17) is 34.8 Å². The highest BCUT2D eigenvalue weighted by molar-refractivity contribution is 6.40. The van der Waals surface area contributed by atoms with Crippen LogP contribution in [-0.2, 0) is 0 Å². The van der Waals surface area contributed by atoms with Crippen molar-refractivity contribution in [2.75, 3.05) is 5.32 Å². The molecule has 0 radical (unpaired) electrons. The zero-order valence-corrected chi connectivity index (χ0v) is 11.2. The Bertz CT molecular complexity index is 581. The van der Waals surface area contributed by atoms with E-state index in [9.17, 15) is 4.79 Å². The number of hydrogen-bond acceptors (Lipinski definition) is 2. The quantitative estimate of drug-likeness (QED) is 0.841. The molecule has 1 aromatic carbocycles. The van der Waals surface area contributed by atoms with E-state index in [2.05, 4.69) is 10.3 Å². The highest BCUT2D eigenvalue weighted by Gasteiger charge is 2.14. The molecule has 6 heteroatoms. The number of carbonyl (C=O) groups excluding carboxylic acids is 1. The zero-order valence-electron chi connectivity index (χ0n) is 8.95. The van der Waals surface area contributed by atoms with Crippen molar-refractivity contribution in [1.82, 2.24) is 4.98 Å². The van der Waals surface area contributed by atoms with Gasteiger partial charge in [-0.2, -0.15) is 0 Å². The number of amides is 1. The monoisotopic (exact) mass is 300 g/mol. The Balaban J connectivity index is 2.30. The molecule has 0 saturated carbocycles. The van der Waals surface area contributed by atoms with Crippen LogP contribution >= 0.6 is 34.8 Å². The largest absolute Gasteiger partial charge is 0.319 e. The second-order valence-electron chi connectivity index (χ2n) is 3.39. The molecule has 1 amide bonds. The fraction of sp³-hybridized carbons (Fsp3) is 0. The fourth-order valence-electron chi connectivity index (χ4n) is 1.35. The number of hydrogen-bond donors (Lipinski definition) is 1. The second kappa shape index (κ2) is 5.57. The van der Waals surface area contributed by atoms with Crippen molar-refractivity contribution in [3.8, 4) is 0 Å². The van der Waals surface area contributed by atoms with Crippen LogP contribution in [0.5, 0.6) is 0 Å². The van der Waals surface area contributed by atoms with Crippen LogP contribution in [0.15, 0.2) is 36.5 Å². The summed E-state index contributed by atoms with van der Waals surface area (Å²) in [6.07, 6.45) is 1.50. The van der Waals surface area contributed by atoms with Crippen LogP contribution in [0.1, 0.15) is 10.4 Å². The van der Waals surface area contributed by atoms with E-state index >= 15 is 0 Å². The minimum Gasteiger partial charge on any atom is -0.319 e. The highest BCUT2D eigenvalue weighted by atomic mass is 35.5. The molecule has 1 heterocycles. The maximum atomic E-state index is 12.0. The minimum atomic E-state index is -0.414. The van der Waals surface area contributed by atoms with Gasteiger partial charge in [-0.1, -0.05) is 40.9 Å². The summed E-state index contributed by atoms with van der Waals surface area (Å²) in [4.78, 5) is 15.8. The summed E-state index contributed by atoms with van der Waals surface area (Å²) in [5, 5.41) is 3.45. The standard InChI is InChI=1S/C12H7Cl3N2O/c13-8-4-1-5-9(14)10(8)17-12(18)7-3-2-6-16-11(7)15/h1-6H,(H,17,18). The molecule has 2 rings (SSSR count). The van der Waals surface area contributed by atoms with E-state index in [1.54, 1.807) is 30.3 Å². The first-order valence-electron chi connectivity index (χ1n) is 4.95. The van der Waals surface area contributed by atoms with Gasteiger partial charge in [-0.15, -0.1) is 0 Å². The summed E-state index contributed by atoms with van der Waals surface area (Å²) in [7, 11) is 0. The van der Waals surface area contributed by atoms with Gasteiger partial charge in [0.25, 0.3) is 5.91 Å². The third-order valence-corrected chi connectivity index (χ3v) is 3.14. The van der Waals surface area contributed by atoms with Crippen molar-refractivity contribution in [3.05, 3.63) is 57.3 Å². The van der Waals surface area contributed by atoms with E-state index in [0.29, 0.717) is 15.7 Å². The molecule has 0 atom stereocenters. The van der Waals surface area contributed by atoms with Crippen molar-refractivity contribution in [3.63, 3.8) is 0 Å². The molecule has 0 fully saturated rings. The van der Waals surface area contributed by atoms with Crippen molar-refractivity contribution >= 4 is 46.4 Å². The van der Waals surface area contributed by atoms with Gasteiger partial charge >= 0.3 is 0 Å². The van der Waals surface area contributed by atoms with E-state index in [0.717, 1.165) is 0 Å². The summed E-state index contributed by atoms with van der Waals surface area (Å²) >= 11 is 17.7. The molecule has 0 saturated heterocycles. The Morgan fingerprint density at radius 2 is 1.72 bits per heavy atom. The average molecular weight is 302 g/mol. The molecule has 0 aliphatic carbocycles. The van der Waals surface area contributed by atoms with Crippen LogP contribution in [0, 0.1) is 0 Å². The lowest BCUT2D eigenvalue weighted by molar-refractivity contribution is 0.102. The lowest BCUT2D eigenvalue weighted by Crippen LogP contribution is -2.13. The van der Waals surface area contributed by atoms with Crippen LogP contribution in [0.2, 0.25) is 15.2 Å². The van der Waals surface area contributed by atoms with Crippen LogP contribution in [0.4, 0.5) is 5.69 Å². The molecular weight excluding hydrogens is 295 g/mol. The molecule has 1 N–H and O–H groups in total. The number of halogens is 3. The maximum Gasteiger partial charge on any atom is 0.258 e. The predicted molar refractivity (Wildman–Crippen MR) is 73.7 cm³/mol. The van der Waals surface area contributed by atoms with Crippen LogP contribution in [0.3, 0.4) is 0 Å². The van der Waals surface area contributed by atoms with Gasteiger partial charge in [0.15, 0.2) is 0 Å². The number of para-hydroxylation sites is 1. The van der Waals surface area contributed by atoms with Gasteiger partial charge in [-0.25, -0.2) is 4.98 Å². The second-order valence-corrected chi connectivity index (χ2v) is 4.56. The van der Waals surface area contributed by atoms with E-state index in [1.807, 2.05) is 0 Å². The van der Waals surface area contributed by atoms with Crippen LogP contribution < -0.4 is 5.32 Å². The predicted octanol–water partition coefficient (Wildman–Crippen LogP) is 4.29. The SMILES string of the molecule is O=C(Nc1c(Cl)cccc1Cl)c1cccnc1Cl. The van der Waals surface area contributed by atoms with Gasteiger partial charge in [-0.3, -0.25) is 4.79 Å². The molecule has 0 aliphatic rings. The molecule has 0 unspecified atom stereocenters. The molecule has 18 heavy (non-hydrogen) atoms. The minimum absolute atomic E-state index is 0.123. The number of benzene rings is 1. The first-order valence-corrected chi connectivity index (χ1v) is 6.09. The first kappa shape index (κ1) is 13.1. The third kappa shape index (κ3) is 2.75. The normalized spacial score (nSPS) is 10.2. The molecule has 3 nitrogen and oxygen atoms in total. The summed E-state index contributed by atoms with van der Waals surface area (Å²) in [6, 6.07) is 8.14. The van der Waals surface area contributed by atoms with Gasteiger partial charge in [0.2, 0.25) is 0 Å². The van der Waals surface area contributed by atoms with Gasteiger partial charge in [0.1, 0.15) is 5.15 Å². The number of anilines is 1. The lowest BCUT2D eigenvalue weighted by atomic mass is 10.2. The van der Waals surface area contributed by atoms with Crippen molar-refractivity contribution < 1.29 is 4.79 Å². The Kier molecular flexibility index (Phi) is 4.07. The van der Waals surface area contributed by atoms with Gasteiger partial charge in [0.05, 0.1) is 21.3 Å². The van der Waals surface area contributed by atoms with Crippen molar-refractivity contribution in [2.45, 2.75) is 0 Å². The Morgan fingerprint density at radius 3 is 2.33 bits per heavy atom. The molecule has 2 aromatic rings. The van der Waals surface area contributed by atoms with Crippen LogP contribution in [-0.4, -0.2) is 10.9 Å². The molecule has 0 aliphatic heterocycles. The number of rotatable bonds is 2. The maximum absolute atomic E-state index is 12.0. The average Bonchev–Trinajstić information content (AvgIpc) is 2.34. The summed E-state index contributed by atoms with van der Waals surface area (Å²) < 4.78 is 0. The molecule has 0 bridgehead atoms. The third-order valence-electron chi connectivity index (χ3n) is 2.21. The fourth-order valence-corrected chi connectivity index (χ4v) is 2.05. The number of nitrogens with zero attached hydrogens (tertiary/aromatic N) is 1. The van der Waals surface area contributed by atoms with Crippen molar-refractivity contribution in [1.29, 1.82) is 0 Å². The topological polar surface area (TPSA) is 42.0 Å². The van der Waals surface area contributed by atoms with Gasteiger partial charge < -0.3 is 5.32 Å². The zero-order chi connectivity index (χ0) is 13.1. The Morgan fingerprint density at radius 1 is 1.06 bits per heavy atom.